The molecular formula is C10H12BNO3. The van der Waals surface area contributed by atoms with Gasteiger partial charge in [-0.05, 0) is 12.5 Å². The molecule has 0 aliphatic carbocycles. The quantitative estimate of drug-likeness (QED) is 0.680. The standard InChI is InChI=1S/C10H12BNO3/c1-2-6-15-10-5-3-4-9(11(13)14)8(10)7-12/h3-5,13-14H,2,6H2,1H3. The molecule has 78 valence electrons. The molecule has 0 radical (unpaired) electrons. The molecule has 15 heavy (non-hydrogen) atoms. The highest BCUT2D eigenvalue weighted by Gasteiger charge is 2.18. The molecule has 0 fully saturated rings. The second-order valence-electron chi connectivity index (χ2n) is 3.05. The van der Waals surface area contributed by atoms with E-state index in [4.69, 9.17) is 20.0 Å². The van der Waals surface area contributed by atoms with Crippen LogP contribution in [0.3, 0.4) is 0 Å². The maximum Gasteiger partial charge on any atom is 0.489 e. The van der Waals surface area contributed by atoms with Crippen LogP contribution >= 0.6 is 0 Å². The molecule has 0 bridgehead atoms. The number of rotatable bonds is 4. The summed E-state index contributed by atoms with van der Waals surface area (Å²) in [6.07, 6.45) is 0.830. The van der Waals surface area contributed by atoms with E-state index in [1.165, 1.54) is 6.07 Å². The molecule has 2 N–H and O–H groups in total. The van der Waals surface area contributed by atoms with Gasteiger partial charge in [-0.3, -0.25) is 0 Å². The van der Waals surface area contributed by atoms with Gasteiger partial charge >= 0.3 is 7.12 Å². The molecule has 4 nitrogen and oxygen atoms in total. The number of ether oxygens (including phenoxy) is 1. The van der Waals surface area contributed by atoms with Crippen molar-refractivity contribution in [1.82, 2.24) is 0 Å². The Morgan fingerprint density at radius 2 is 2.20 bits per heavy atom. The highest BCUT2D eigenvalue weighted by atomic mass is 16.5. The fourth-order valence-electron chi connectivity index (χ4n) is 1.22. The van der Waals surface area contributed by atoms with Gasteiger partial charge in [-0.15, -0.1) is 0 Å². The molecule has 0 atom stereocenters. The average molecular weight is 205 g/mol. The lowest BCUT2D eigenvalue weighted by Crippen LogP contribution is -2.32. The number of nitriles is 1. The summed E-state index contributed by atoms with van der Waals surface area (Å²) in [5.41, 5.74) is 0.354. The van der Waals surface area contributed by atoms with Crippen molar-refractivity contribution in [2.45, 2.75) is 13.3 Å². The largest absolute Gasteiger partial charge is 0.492 e. The van der Waals surface area contributed by atoms with Crippen LogP contribution in [0, 0.1) is 11.3 Å². The highest BCUT2D eigenvalue weighted by Crippen LogP contribution is 2.15. The van der Waals surface area contributed by atoms with Crippen LogP contribution in [0.15, 0.2) is 18.2 Å². The number of benzene rings is 1. The van der Waals surface area contributed by atoms with E-state index < -0.39 is 7.12 Å². The van der Waals surface area contributed by atoms with Gasteiger partial charge in [-0.25, -0.2) is 0 Å². The topological polar surface area (TPSA) is 73.5 Å². The van der Waals surface area contributed by atoms with Crippen LogP contribution in [-0.4, -0.2) is 23.8 Å². The molecule has 0 saturated carbocycles. The highest BCUT2D eigenvalue weighted by molar-refractivity contribution is 6.59. The molecule has 1 rings (SSSR count). The van der Waals surface area contributed by atoms with Gasteiger partial charge in [0.25, 0.3) is 0 Å². The van der Waals surface area contributed by atoms with E-state index >= 15 is 0 Å². The van der Waals surface area contributed by atoms with Crippen LogP contribution in [-0.2, 0) is 0 Å². The molecule has 0 saturated heterocycles. The molecule has 0 aliphatic rings. The van der Waals surface area contributed by atoms with Gasteiger partial charge in [-0.2, -0.15) is 5.26 Å². The summed E-state index contributed by atoms with van der Waals surface area (Å²) >= 11 is 0. The second kappa shape index (κ2) is 5.39. The third kappa shape index (κ3) is 2.72. The fourth-order valence-corrected chi connectivity index (χ4v) is 1.22. The predicted molar refractivity (Wildman–Crippen MR) is 56.8 cm³/mol. The minimum absolute atomic E-state index is 0.172. The first-order chi connectivity index (χ1) is 7.20. The maximum atomic E-state index is 9.03. The molecule has 1 aromatic rings. The summed E-state index contributed by atoms with van der Waals surface area (Å²) in [6, 6.07) is 6.66. The zero-order valence-corrected chi connectivity index (χ0v) is 8.47. The number of hydrogen-bond acceptors (Lipinski definition) is 4. The molecule has 0 spiro atoms. The van der Waals surface area contributed by atoms with E-state index in [9.17, 15) is 0 Å². The lowest BCUT2D eigenvalue weighted by atomic mass is 9.77. The molecule has 0 heterocycles. The van der Waals surface area contributed by atoms with Crippen molar-refractivity contribution in [2.75, 3.05) is 6.61 Å². The Kier molecular flexibility index (Phi) is 4.16. The van der Waals surface area contributed by atoms with E-state index in [0.29, 0.717) is 12.4 Å². The van der Waals surface area contributed by atoms with E-state index in [2.05, 4.69) is 0 Å². The van der Waals surface area contributed by atoms with Crippen LogP contribution < -0.4 is 10.2 Å². The van der Waals surface area contributed by atoms with Crippen molar-refractivity contribution in [2.24, 2.45) is 0 Å². The van der Waals surface area contributed by atoms with Crippen molar-refractivity contribution in [3.63, 3.8) is 0 Å². The summed E-state index contributed by atoms with van der Waals surface area (Å²) in [5.74, 6) is 0.393. The van der Waals surface area contributed by atoms with E-state index in [1.54, 1.807) is 12.1 Å². The predicted octanol–water partition coefficient (Wildman–Crippen LogP) is 0.0269. The Morgan fingerprint density at radius 3 is 2.73 bits per heavy atom. The van der Waals surface area contributed by atoms with Crippen molar-refractivity contribution in [3.05, 3.63) is 23.8 Å². The molecule has 0 unspecified atom stereocenters. The van der Waals surface area contributed by atoms with Crippen LogP contribution in [0.5, 0.6) is 5.75 Å². The number of nitrogens with zero attached hydrogens (tertiary/aromatic N) is 1. The van der Waals surface area contributed by atoms with Crippen LogP contribution in [0.4, 0.5) is 0 Å². The Morgan fingerprint density at radius 1 is 1.47 bits per heavy atom. The summed E-state index contributed by atoms with van der Waals surface area (Å²) in [7, 11) is -1.65. The van der Waals surface area contributed by atoms with Gasteiger partial charge in [-0.1, -0.05) is 19.1 Å². The van der Waals surface area contributed by atoms with Crippen molar-refractivity contribution >= 4 is 12.6 Å². The summed E-state index contributed by atoms with van der Waals surface area (Å²) in [6.45, 7) is 2.45. The van der Waals surface area contributed by atoms with Gasteiger partial charge in [0.1, 0.15) is 11.8 Å². The normalized spacial score (nSPS) is 9.47. The molecule has 1 aromatic carbocycles. The molecule has 0 amide bonds. The van der Waals surface area contributed by atoms with E-state index in [0.717, 1.165) is 6.42 Å². The smallest absolute Gasteiger partial charge is 0.489 e. The van der Waals surface area contributed by atoms with E-state index in [1.807, 2.05) is 13.0 Å². The molecule has 5 heteroatoms. The first kappa shape index (κ1) is 11.6. The Hall–Kier alpha value is -1.51. The summed E-state index contributed by atoms with van der Waals surface area (Å²) < 4.78 is 5.32. The first-order valence-electron chi connectivity index (χ1n) is 4.72. The maximum absolute atomic E-state index is 9.03. The first-order valence-corrected chi connectivity index (χ1v) is 4.72. The van der Waals surface area contributed by atoms with Gasteiger partial charge in [0.2, 0.25) is 0 Å². The third-order valence-corrected chi connectivity index (χ3v) is 1.91. The second-order valence-corrected chi connectivity index (χ2v) is 3.05. The Balaban J connectivity index is 3.06. The molecular weight excluding hydrogens is 193 g/mol. The third-order valence-electron chi connectivity index (χ3n) is 1.91. The van der Waals surface area contributed by atoms with Crippen molar-refractivity contribution in [3.8, 4) is 11.8 Å². The zero-order valence-electron chi connectivity index (χ0n) is 8.47. The lowest BCUT2D eigenvalue weighted by molar-refractivity contribution is 0.316. The van der Waals surface area contributed by atoms with Crippen molar-refractivity contribution < 1.29 is 14.8 Å². The minimum Gasteiger partial charge on any atom is -0.492 e. The van der Waals surface area contributed by atoms with Gasteiger partial charge in [0, 0.05) is 5.46 Å². The van der Waals surface area contributed by atoms with Gasteiger partial charge < -0.3 is 14.8 Å². The lowest BCUT2D eigenvalue weighted by Gasteiger charge is -2.09. The van der Waals surface area contributed by atoms with Gasteiger partial charge in [0.05, 0.1) is 12.2 Å². The molecule has 0 aliphatic heterocycles. The summed E-state index contributed by atoms with van der Waals surface area (Å²) in [4.78, 5) is 0. The monoisotopic (exact) mass is 205 g/mol. The zero-order chi connectivity index (χ0) is 11.3. The van der Waals surface area contributed by atoms with Crippen LogP contribution in [0.1, 0.15) is 18.9 Å². The van der Waals surface area contributed by atoms with Crippen LogP contribution in [0.2, 0.25) is 0 Å². The molecule has 0 aromatic heterocycles. The van der Waals surface area contributed by atoms with Crippen LogP contribution in [0.25, 0.3) is 0 Å². The minimum atomic E-state index is -1.65. The SMILES string of the molecule is CCCOc1cccc(B(O)O)c1C#N. The van der Waals surface area contributed by atoms with E-state index in [-0.39, 0.29) is 11.0 Å². The Labute approximate surface area is 88.9 Å². The van der Waals surface area contributed by atoms with Crippen molar-refractivity contribution in [1.29, 1.82) is 5.26 Å². The summed E-state index contributed by atoms with van der Waals surface area (Å²) in [5, 5.41) is 27.0. The van der Waals surface area contributed by atoms with Gasteiger partial charge in [0.15, 0.2) is 0 Å². The average Bonchev–Trinajstić information content (AvgIpc) is 2.25. The number of hydrogen-bond donors (Lipinski definition) is 2. The Bertz CT molecular complexity index is 373. The fraction of sp³-hybridized carbons (Fsp3) is 0.300.